The van der Waals surface area contributed by atoms with Crippen LogP contribution in [0, 0.1) is 6.92 Å². The first-order chi connectivity index (χ1) is 18.7. The molecular weight excluding hydrogens is 520 g/mol. The zero-order valence-electron chi connectivity index (χ0n) is 22.8. The van der Waals surface area contributed by atoms with E-state index in [1.165, 1.54) is 0 Å². The van der Waals surface area contributed by atoms with E-state index in [0.717, 1.165) is 29.6 Å². The largest absolute Gasteiger partial charge is 0.478 e. The van der Waals surface area contributed by atoms with Crippen molar-refractivity contribution >= 4 is 38.4 Å². The van der Waals surface area contributed by atoms with Crippen molar-refractivity contribution < 1.29 is 13.2 Å². The average molecular weight is 555 g/mol. The molecule has 13 nitrogen and oxygen atoms in total. The van der Waals surface area contributed by atoms with Crippen molar-refractivity contribution in [2.45, 2.75) is 25.6 Å². The summed E-state index contributed by atoms with van der Waals surface area (Å²) in [6.07, 6.45) is 7.40. The summed E-state index contributed by atoms with van der Waals surface area (Å²) >= 11 is 0. The molecule has 0 aromatic carbocycles. The molecule has 39 heavy (non-hydrogen) atoms. The van der Waals surface area contributed by atoms with Crippen molar-refractivity contribution in [2.24, 2.45) is 7.05 Å². The Morgan fingerprint density at radius 2 is 1.95 bits per heavy atom. The van der Waals surface area contributed by atoms with Crippen LogP contribution in [0.4, 0.5) is 17.5 Å². The lowest BCUT2D eigenvalue weighted by Crippen LogP contribution is -2.52. The van der Waals surface area contributed by atoms with Crippen molar-refractivity contribution in [1.82, 2.24) is 39.5 Å². The van der Waals surface area contributed by atoms with Gasteiger partial charge in [0, 0.05) is 62.8 Å². The number of likely N-dealkylation sites (N-methyl/N-ethyl adjacent to an activating group) is 1. The minimum atomic E-state index is -3.72. The number of aromatic nitrogens is 6. The van der Waals surface area contributed by atoms with E-state index >= 15 is 0 Å². The van der Waals surface area contributed by atoms with Crippen LogP contribution >= 0.6 is 0 Å². The fourth-order valence-electron chi connectivity index (χ4n) is 4.91. The number of hydrogen-bond donors (Lipinski definition) is 3. The summed E-state index contributed by atoms with van der Waals surface area (Å²) in [5.74, 6) is 1.07. The molecule has 0 saturated carbocycles. The van der Waals surface area contributed by atoms with Crippen LogP contribution in [-0.2, 0) is 17.1 Å². The normalized spacial score (nSPS) is 15.9. The van der Waals surface area contributed by atoms with E-state index < -0.39 is 15.4 Å². The number of sulfonamides is 1. The number of pyridine rings is 1. The molecule has 3 N–H and O–H groups in total. The third-order valence-corrected chi connectivity index (χ3v) is 8.78. The third kappa shape index (κ3) is 5.40. The number of hydrogen-bond acceptors (Lipinski definition) is 10. The molecule has 0 spiro atoms. The number of methoxy groups -OCH3 is 1. The zero-order chi connectivity index (χ0) is 27.7. The van der Waals surface area contributed by atoms with Crippen LogP contribution in [0.2, 0.25) is 0 Å². The molecule has 5 rings (SSSR count). The van der Waals surface area contributed by atoms with Gasteiger partial charge in [-0.25, -0.2) is 23.4 Å². The minimum Gasteiger partial charge on any atom is -0.478 e. The highest BCUT2D eigenvalue weighted by molar-refractivity contribution is 7.93. The SMILES string of the molecule is CCC(N1CCN(C)CC1)S(=O)(=O)Nc1nccc2c(-c3nc(Nc4cn(C)nc4OC)ncc3C)c[nH]c12. The van der Waals surface area contributed by atoms with Crippen LogP contribution in [0.3, 0.4) is 0 Å². The van der Waals surface area contributed by atoms with E-state index in [-0.39, 0.29) is 5.82 Å². The van der Waals surface area contributed by atoms with Crippen LogP contribution in [0.25, 0.3) is 22.2 Å². The van der Waals surface area contributed by atoms with Crippen LogP contribution in [0.5, 0.6) is 5.88 Å². The Labute approximate surface area is 227 Å². The Bertz CT molecular complexity index is 1570. The van der Waals surface area contributed by atoms with E-state index in [2.05, 4.69) is 35.0 Å². The topological polar surface area (TPSA) is 146 Å². The van der Waals surface area contributed by atoms with Crippen molar-refractivity contribution in [2.75, 3.05) is 50.4 Å². The van der Waals surface area contributed by atoms with Gasteiger partial charge in [-0.15, -0.1) is 5.10 Å². The minimum absolute atomic E-state index is 0.261. The predicted octanol–water partition coefficient (Wildman–Crippen LogP) is 2.54. The Kier molecular flexibility index (Phi) is 7.42. The number of anilines is 3. The van der Waals surface area contributed by atoms with E-state index in [4.69, 9.17) is 9.72 Å². The number of ether oxygens (including phenoxy) is 1. The van der Waals surface area contributed by atoms with Gasteiger partial charge in [-0.3, -0.25) is 14.3 Å². The van der Waals surface area contributed by atoms with Crippen LogP contribution in [0.15, 0.2) is 30.9 Å². The van der Waals surface area contributed by atoms with E-state index in [1.54, 1.807) is 37.4 Å². The van der Waals surface area contributed by atoms with Gasteiger partial charge in [0.25, 0.3) is 5.88 Å². The smallest absolute Gasteiger partial charge is 0.256 e. The Morgan fingerprint density at radius 3 is 2.67 bits per heavy atom. The molecule has 208 valence electrons. The summed E-state index contributed by atoms with van der Waals surface area (Å²) in [5.41, 5.74) is 3.59. The number of nitrogens with one attached hydrogen (secondary N) is 3. The van der Waals surface area contributed by atoms with Crippen LogP contribution < -0.4 is 14.8 Å². The zero-order valence-corrected chi connectivity index (χ0v) is 23.6. The van der Waals surface area contributed by atoms with E-state index in [0.29, 0.717) is 48.2 Å². The molecule has 5 heterocycles. The number of aromatic amines is 1. The van der Waals surface area contributed by atoms with Gasteiger partial charge in [-0.05, 0) is 32.0 Å². The standard InChI is InChI=1S/C25H34N10O3S/c1-6-20(35-11-9-33(3)10-12-35)39(36,37)32-23-22-17(7-8-26-23)18(14-27-22)21-16(2)13-28-25(30-21)29-19-15-34(4)31-24(19)38-5/h7-8,13-15,20,27H,6,9-12H2,1-5H3,(H,26,32)(H,28,29,30). The first kappa shape index (κ1) is 26.8. The molecule has 1 fully saturated rings. The molecule has 4 aromatic heterocycles. The second kappa shape index (κ2) is 10.8. The average Bonchev–Trinajstić information content (AvgIpc) is 3.50. The Morgan fingerprint density at radius 1 is 1.18 bits per heavy atom. The Hall–Kier alpha value is -3.75. The summed E-state index contributed by atoms with van der Waals surface area (Å²) in [4.78, 5) is 21.0. The van der Waals surface area contributed by atoms with E-state index in [9.17, 15) is 8.42 Å². The lowest BCUT2D eigenvalue weighted by molar-refractivity contribution is 0.139. The van der Waals surface area contributed by atoms with Crippen molar-refractivity contribution in [3.05, 3.63) is 36.4 Å². The highest BCUT2D eigenvalue weighted by atomic mass is 32.2. The molecule has 0 aliphatic carbocycles. The number of nitrogens with zero attached hydrogens (tertiary/aromatic N) is 7. The summed E-state index contributed by atoms with van der Waals surface area (Å²) in [6.45, 7) is 6.90. The second-order valence-electron chi connectivity index (χ2n) is 9.71. The Balaban J connectivity index is 1.45. The number of H-pyrrole nitrogens is 1. The van der Waals surface area contributed by atoms with Gasteiger partial charge < -0.3 is 19.9 Å². The maximum absolute atomic E-state index is 13.5. The molecule has 4 aromatic rings. The predicted molar refractivity (Wildman–Crippen MR) is 151 cm³/mol. The van der Waals surface area contributed by atoms with Crippen LogP contribution in [0.1, 0.15) is 18.9 Å². The fraction of sp³-hybridized carbons (Fsp3) is 0.440. The maximum atomic E-state index is 13.5. The molecule has 14 heteroatoms. The fourth-order valence-corrected chi connectivity index (χ4v) is 6.52. The molecule has 0 bridgehead atoms. The molecule has 0 amide bonds. The van der Waals surface area contributed by atoms with Gasteiger partial charge in [-0.1, -0.05) is 6.92 Å². The molecule has 1 unspecified atom stereocenters. The number of aryl methyl sites for hydroxylation is 2. The first-order valence-corrected chi connectivity index (χ1v) is 14.3. The summed E-state index contributed by atoms with van der Waals surface area (Å²) in [5, 5.41) is 7.57. The van der Waals surface area contributed by atoms with Crippen molar-refractivity contribution in [3.8, 4) is 17.1 Å². The van der Waals surface area contributed by atoms with E-state index in [1.807, 2.05) is 38.1 Å². The van der Waals surface area contributed by atoms with Gasteiger partial charge in [0.2, 0.25) is 16.0 Å². The second-order valence-corrected chi connectivity index (χ2v) is 11.5. The molecule has 1 atom stereocenters. The summed E-state index contributed by atoms with van der Waals surface area (Å²) in [7, 11) is 1.67. The molecule has 1 saturated heterocycles. The van der Waals surface area contributed by atoms with Gasteiger partial charge in [0.05, 0.1) is 24.5 Å². The number of piperazine rings is 1. The molecule has 0 radical (unpaired) electrons. The third-order valence-electron chi connectivity index (χ3n) is 6.96. The quantitative estimate of drug-likeness (QED) is 0.282. The molecule has 1 aliphatic heterocycles. The summed E-state index contributed by atoms with van der Waals surface area (Å²) in [6, 6.07) is 1.84. The van der Waals surface area contributed by atoms with Gasteiger partial charge in [-0.2, -0.15) is 0 Å². The lowest BCUT2D eigenvalue weighted by atomic mass is 10.1. The first-order valence-electron chi connectivity index (χ1n) is 12.8. The van der Waals surface area contributed by atoms with Crippen molar-refractivity contribution in [3.63, 3.8) is 0 Å². The van der Waals surface area contributed by atoms with Crippen LogP contribution in [-0.4, -0.2) is 93.6 Å². The monoisotopic (exact) mass is 554 g/mol. The number of rotatable bonds is 9. The highest BCUT2D eigenvalue weighted by Crippen LogP contribution is 2.34. The lowest BCUT2D eigenvalue weighted by Gasteiger charge is -2.37. The number of fused-ring (bicyclic) bond motifs is 1. The van der Waals surface area contributed by atoms with Crippen molar-refractivity contribution in [1.29, 1.82) is 0 Å². The molecular formula is C25H34N10O3S. The van der Waals surface area contributed by atoms with Gasteiger partial charge in [0.1, 0.15) is 11.1 Å². The van der Waals surface area contributed by atoms with Gasteiger partial charge >= 0.3 is 0 Å². The maximum Gasteiger partial charge on any atom is 0.256 e. The highest BCUT2D eigenvalue weighted by Gasteiger charge is 2.32. The summed E-state index contributed by atoms with van der Waals surface area (Å²) < 4.78 is 36.7. The molecule has 1 aliphatic rings. The van der Waals surface area contributed by atoms with Gasteiger partial charge in [0.15, 0.2) is 5.82 Å².